The van der Waals surface area contributed by atoms with Crippen molar-refractivity contribution in [3.05, 3.63) is 47.5 Å². The Balaban J connectivity index is 1.88. The molecule has 0 saturated carbocycles. The highest BCUT2D eigenvalue weighted by Crippen LogP contribution is 2.19. The van der Waals surface area contributed by atoms with Crippen LogP contribution in [0.3, 0.4) is 0 Å². The van der Waals surface area contributed by atoms with E-state index in [9.17, 15) is 14.3 Å². The van der Waals surface area contributed by atoms with Crippen LogP contribution in [-0.4, -0.2) is 44.9 Å². The first-order valence-corrected chi connectivity index (χ1v) is 6.84. The van der Waals surface area contributed by atoms with Crippen LogP contribution in [0.1, 0.15) is 22.5 Å². The monoisotopic (exact) mass is 289 g/mol. The summed E-state index contributed by atoms with van der Waals surface area (Å²) in [4.78, 5) is 14.0. The van der Waals surface area contributed by atoms with Crippen LogP contribution in [0, 0.1) is 12.7 Å². The Morgan fingerprint density at radius 2 is 2.10 bits per heavy atom. The molecule has 2 aromatic rings. The summed E-state index contributed by atoms with van der Waals surface area (Å²) >= 11 is 0. The van der Waals surface area contributed by atoms with Gasteiger partial charge >= 0.3 is 0 Å². The van der Waals surface area contributed by atoms with Gasteiger partial charge in [0, 0.05) is 13.1 Å². The molecule has 0 aliphatic carbocycles. The second-order valence-corrected chi connectivity index (χ2v) is 5.23. The van der Waals surface area contributed by atoms with Crippen LogP contribution < -0.4 is 0 Å². The maximum atomic E-state index is 13.0. The van der Waals surface area contributed by atoms with Gasteiger partial charge in [-0.15, -0.1) is 0 Å². The summed E-state index contributed by atoms with van der Waals surface area (Å²) in [7, 11) is 0. The van der Waals surface area contributed by atoms with Crippen molar-refractivity contribution < 1.29 is 14.3 Å². The van der Waals surface area contributed by atoms with E-state index in [0.717, 1.165) is 0 Å². The Bertz CT molecular complexity index is 666. The third kappa shape index (κ3) is 2.54. The third-order valence-electron chi connectivity index (χ3n) is 3.76. The highest BCUT2D eigenvalue weighted by molar-refractivity contribution is 5.95. The SMILES string of the molecule is Cc1c(C(=O)N2CC[C@H](O)C2)cnn1-c1ccc(F)cc1. The number of nitrogens with zero attached hydrogens (tertiary/aromatic N) is 3. The predicted octanol–water partition coefficient (Wildman–Crippen LogP) is 1.53. The van der Waals surface area contributed by atoms with Crippen LogP contribution in [0.5, 0.6) is 0 Å². The summed E-state index contributed by atoms with van der Waals surface area (Å²) in [6.45, 7) is 2.72. The summed E-state index contributed by atoms with van der Waals surface area (Å²) in [6, 6.07) is 5.94. The van der Waals surface area contributed by atoms with E-state index in [0.29, 0.717) is 36.5 Å². The van der Waals surface area contributed by atoms with Crippen LogP contribution >= 0.6 is 0 Å². The smallest absolute Gasteiger partial charge is 0.257 e. The van der Waals surface area contributed by atoms with Crippen molar-refractivity contribution in [3.63, 3.8) is 0 Å². The molecule has 1 atom stereocenters. The van der Waals surface area contributed by atoms with E-state index in [4.69, 9.17) is 0 Å². The number of halogens is 1. The summed E-state index contributed by atoms with van der Waals surface area (Å²) in [5.41, 5.74) is 1.91. The zero-order valence-corrected chi connectivity index (χ0v) is 11.7. The number of benzene rings is 1. The van der Waals surface area contributed by atoms with Gasteiger partial charge in [-0.2, -0.15) is 5.10 Å². The van der Waals surface area contributed by atoms with Crippen LogP contribution in [0.2, 0.25) is 0 Å². The topological polar surface area (TPSA) is 58.4 Å². The lowest BCUT2D eigenvalue weighted by atomic mass is 10.2. The van der Waals surface area contributed by atoms with E-state index in [1.165, 1.54) is 18.3 Å². The number of carbonyl (C=O) groups excluding carboxylic acids is 1. The van der Waals surface area contributed by atoms with Crippen molar-refractivity contribution >= 4 is 5.91 Å². The molecule has 1 amide bonds. The van der Waals surface area contributed by atoms with Gasteiger partial charge in [0.1, 0.15) is 5.82 Å². The molecule has 0 radical (unpaired) electrons. The molecule has 6 heteroatoms. The molecule has 1 N–H and O–H groups in total. The largest absolute Gasteiger partial charge is 0.391 e. The van der Waals surface area contributed by atoms with Crippen LogP contribution in [0.4, 0.5) is 4.39 Å². The molecule has 1 saturated heterocycles. The fourth-order valence-electron chi connectivity index (χ4n) is 2.56. The molecular weight excluding hydrogens is 273 g/mol. The highest BCUT2D eigenvalue weighted by atomic mass is 19.1. The molecule has 0 unspecified atom stereocenters. The fraction of sp³-hybridized carbons (Fsp3) is 0.333. The summed E-state index contributed by atoms with van der Waals surface area (Å²) < 4.78 is 14.6. The number of aliphatic hydroxyl groups excluding tert-OH is 1. The third-order valence-corrected chi connectivity index (χ3v) is 3.76. The molecule has 110 valence electrons. The van der Waals surface area contributed by atoms with Gasteiger partial charge in [0.05, 0.1) is 29.2 Å². The average molecular weight is 289 g/mol. The van der Waals surface area contributed by atoms with Gasteiger partial charge in [-0.25, -0.2) is 9.07 Å². The van der Waals surface area contributed by atoms with Crippen molar-refractivity contribution in [2.24, 2.45) is 0 Å². The molecule has 1 aromatic heterocycles. The van der Waals surface area contributed by atoms with E-state index >= 15 is 0 Å². The molecule has 5 nitrogen and oxygen atoms in total. The number of likely N-dealkylation sites (tertiary alicyclic amines) is 1. The van der Waals surface area contributed by atoms with E-state index in [1.54, 1.807) is 28.6 Å². The van der Waals surface area contributed by atoms with E-state index < -0.39 is 6.10 Å². The maximum Gasteiger partial charge on any atom is 0.257 e. The first kappa shape index (κ1) is 13.8. The molecule has 21 heavy (non-hydrogen) atoms. The van der Waals surface area contributed by atoms with Crippen molar-refractivity contribution in [1.82, 2.24) is 14.7 Å². The predicted molar refractivity (Wildman–Crippen MR) is 74.8 cm³/mol. The number of β-amino-alcohol motifs (C(OH)–C–C–N with tert-alkyl or cyclic N) is 1. The minimum Gasteiger partial charge on any atom is -0.391 e. The Labute approximate surface area is 121 Å². The second kappa shape index (κ2) is 5.29. The summed E-state index contributed by atoms with van der Waals surface area (Å²) in [5.74, 6) is -0.441. The quantitative estimate of drug-likeness (QED) is 0.912. The number of rotatable bonds is 2. The molecule has 0 spiro atoms. The van der Waals surface area contributed by atoms with Gasteiger partial charge in [-0.05, 0) is 37.6 Å². The molecule has 3 rings (SSSR count). The van der Waals surface area contributed by atoms with Gasteiger partial charge in [0.25, 0.3) is 5.91 Å². The summed E-state index contributed by atoms with van der Waals surface area (Å²) in [5, 5.41) is 13.7. The number of hydrogen-bond donors (Lipinski definition) is 1. The Morgan fingerprint density at radius 3 is 2.71 bits per heavy atom. The van der Waals surface area contributed by atoms with E-state index in [2.05, 4.69) is 5.10 Å². The molecule has 1 aliphatic rings. The van der Waals surface area contributed by atoms with Crippen LogP contribution in [0.15, 0.2) is 30.5 Å². The van der Waals surface area contributed by atoms with Crippen LogP contribution in [-0.2, 0) is 0 Å². The zero-order valence-electron chi connectivity index (χ0n) is 11.7. The molecule has 1 fully saturated rings. The fourth-order valence-corrected chi connectivity index (χ4v) is 2.56. The lowest BCUT2D eigenvalue weighted by Crippen LogP contribution is -2.29. The van der Waals surface area contributed by atoms with Crippen molar-refractivity contribution in [1.29, 1.82) is 0 Å². The zero-order chi connectivity index (χ0) is 15.0. The number of aromatic nitrogens is 2. The van der Waals surface area contributed by atoms with Gasteiger partial charge in [0.2, 0.25) is 0 Å². The number of aliphatic hydroxyl groups is 1. The first-order valence-electron chi connectivity index (χ1n) is 6.84. The minimum absolute atomic E-state index is 0.127. The summed E-state index contributed by atoms with van der Waals surface area (Å²) in [6.07, 6.45) is 1.68. The van der Waals surface area contributed by atoms with Crippen molar-refractivity contribution in [2.45, 2.75) is 19.4 Å². The Hall–Kier alpha value is -2.21. The van der Waals surface area contributed by atoms with Gasteiger partial charge < -0.3 is 10.0 Å². The number of hydrogen-bond acceptors (Lipinski definition) is 3. The maximum absolute atomic E-state index is 13.0. The number of amides is 1. The molecular formula is C15H16FN3O2. The lowest BCUT2D eigenvalue weighted by molar-refractivity contribution is 0.0764. The Kier molecular flexibility index (Phi) is 3.47. The highest BCUT2D eigenvalue weighted by Gasteiger charge is 2.27. The Morgan fingerprint density at radius 1 is 1.38 bits per heavy atom. The van der Waals surface area contributed by atoms with Gasteiger partial charge in [0.15, 0.2) is 0 Å². The molecule has 1 aliphatic heterocycles. The normalized spacial score (nSPS) is 18.2. The van der Waals surface area contributed by atoms with Crippen molar-refractivity contribution in [2.75, 3.05) is 13.1 Å². The second-order valence-electron chi connectivity index (χ2n) is 5.23. The lowest BCUT2D eigenvalue weighted by Gasteiger charge is -2.15. The average Bonchev–Trinajstić information content (AvgIpc) is 3.06. The van der Waals surface area contributed by atoms with E-state index in [1.807, 2.05) is 0 Å². The van der Waals surface area contributed by atoms with Crippen molar-refractivity contribution in [3.8, 4) is 5.69 Å². The van der Waals surface area contributed by atoms with Gasteiger partial charge in [-0.3, -0.25) is 4.79 Å². The standard InChI is InChI=1S/C15H16FN3O2/c1-10-14(15(21)18-7-6-13(20)9-18)8-17-19(10)12-4-2-11(16)3-5-12/h2-5,8,13,20H,6-7,9H2,1H3/t13-/m0/s1. The van der Waals surface area contributed by atoms with Crippen LogP contribution in [0.25, 0.3) is 5.69 Å². The van der Waals surface area contributed by atoms with Gasteiger partial charge in [-0.1, -0.05) is 0 Å². The number of carbonyl (C=O) groups is 1. The minimum atomic E-state index is -0.443. The van der Waals surface area contributed by atoms with E-state index in [-0.39, 0.29) is 11.7 Å². The first-order chi connectivity index (χ1) is 10.1. The molecule has 0 bridgehead atoms. The molecule has 2 heterocycles. The molecule has 1 aromatic carbocycles.